The summed E-state index contributed by atoms with van der Waals surface area (Å²) in [6.45, 7) is 4.61. The number of carbonyl (C=O) groups excluding carboxylic acids is 1. The van der Waals surface area contributed by atoms with Crippen LogP contribution in [-0.2, 0) is 22.6 Å². The van der Waals surface area contributed by atoms with Crippen LogP contribution < -0.4 is 15.5 Å². The molecule has 0 bridgehead atoms. The molecule has 4 heterocycles. The summed E-state index contributed by atoms with van der Waals surface area (Å²) in [5, 5.41) is 6.99. The van der Waals surface area contributed by atoms with E-state index in [0.717, 1.165) is 60.8 Å². The van der Waals surface area contributed by atoms with Crippen molar-refractivity contribution >= 4 is 34.6 Å². The predicted molar refractivity (Wildman–Crippen MR) is 137 cm³/mol. The van der Waals surface area contributed by atoms with E-state index in [2.05, 4.69) is 30.1 Å². The van der Waals surface area contributed by atoms with Gasteiger partial charge in [-0.05, 0) is 30.2 Å². The fraction of sp³-hybridized carbons (Fsp3) is 0.308. The number of morpholine rings is 1. The number of alkyl carbamates (subject to hydrolysis) is 1. The summed E-state index contributed by atoms with van der Waals surface area (Å²) in [7, 11) is 0. The number of anilines is 3. The summed E-state index contributed by atoms with van der Waals surface area (Å²) in [5.41, 5.74) is 2.61. The molecule has 1 aliphatic rings. The molecule has 10 nitrogen and oxygen atoms in total. The highest BCUT2D eigenvalue weighted by molar-refractivity contribution is 5.76. The van der Waals surface area contributed by atoms with E-state index in [9.17, 15) is 4.79 Å². The van der Waals surface area contributed by atoms with E-state index in [1.807, 2.05) is 54.7 Å². The molecule has 2 N–H and O–H groups in total. The smallest absolute Gasteiger partial charge is 0.407 e. The Kier molecular flexibility index (Phi) is 7.52. The summed E-state index contributed by atoms with van der Waals surface area (Å²) in [6, 6.07) is 15.6. The minimum absolute atomic E-state index is 0.257. The van der Waals surface area contributed by atoms with Gasteiger partial charge in [-0.2, -0.15) is 4.98 Å². The van der Waals surface area contributed by atoms with E-state index in [-0.39, 0.29) is 6.61 Å². The van der Waals surface area contributed by atoms with Crippen LogP contribution in [0.3, 0.4) is 0 Å². The first-order valence-corrected chi connectivity index (χ1v) is 12.1. The van der Waals surface area contributed by atoms with Crippen LogP contribution in [0.25, 0.3) is 11.0 Å². The van der Waals surface area contributed by atoms with E-state index in [1.165, 1.54) is 0 Å². The van der Waals surface area contributed by atoms with E-state index in [1.54, 1.807) is 12.4 Å². The highest BCUT2D eigenvalue weighted by atomic mass is 16.5. The number of pyridine rings is 1. The van der Waals surface area contributed by atoms with Crippen molar-refractivity contribution in [2.24, 2.45) is 0 Å². The summed E-state index contributed by atoms with van der Waals surface area (Å²) < 4.78 is 12.7. The van der Waals surface area contributed by atoms with Gasteiger partial charge in [-0.1, -0.05) is 30.3 Å². The Morgan fingerprint density at radius 2 is 1.89 bits per heavy atom. The van der Waals surface area contributed by atoms with Gasteiger partial charge in [0, 0.05) is 44.0 Å². The van der Waals surface area contributed by atoms with Gasteiger partial charge < -0.3 is 29.6 Å². The number of amides is 1. The van der Waals surface area contributed by atoms with Crippen molar-refractivity contribution in [1.29, 1.82) is 0 Å². The van der Waals surface area contributed by atoms with Gasteiger partial charge in [0.25, 0.3) is 0 Å². The maximum atomic E-state index is 11.9. The first-order valence-electron chi connectivity index (χ1n) is 12.1. The molecule has 5 rings (SSSR count). The Balaban J connectivity index is 1.12. The van der Waals surface area contributed by atoms with Crippen molar-refractivity contribution in [2.75, 3.05) is 43.1 Å². The lowest BCUT2D eigenvalue weighted by atomic mass is 10.2. The highest BCUT2D eigenvalue weighted by Crippen LogP contribution is 2.20. The van der Waals surface area contributed by atoms with Crippen LogP contribution in [0, 0.1) is 0 Å². The molecule has 0 atom stereocenters. The number of benzene rings is 1. The number of nitrogens with zero attached hydrogens (tertiary/aromatic N) is 5. The molecule has 1 aromatic carbocycles. The maximum absolute atomic E-state index is 11.9. The van der Waals surface area contributed by atoms with Crippen LogP contribution >= 0.6 is 0 Å². The molecule has 3 aromatic heterocycles. The molecule has 36 heavy (non-hydrogen) atoms. The number of hydrogen-bond acceptors (Lipinski definition) is 8. The average molecular weight is 488 g/mol. The topological polar surface area (TPSA) is 106 Å². The third-order valence-electron chi connectivity index (χ3n) is 5.90. The summed E-state index contributed by atoms with van der Waals surface area (Å²) in [4.78, 5) is 27.8. The molecule has 4 aromatic rings. The Morgan fingerprint density at radius 3 is 2.69 bits per heavy atom. The first kappa shape index (κ1) is 23.6. The molecule has 186 valence electrons. The Bertz CT molecular complexity index is 1270. The Labute approximate surface area is 209 Å². The fourth-order valence-electron chi connectivity index (χ4n) is 3.99. The van der Waals surface area contributed by atoms with Crippen molar-refractivity contribution in [2.45, 2.75) is 19.6 Å². The average Bonchev–Trinajstić information content (AvgIpc) is 3.33. The van der Waals surface area contributed by atoms with Crippen LogP contribution in [-0.4, -0.2) is 58.5 Å². The Morgan fingerprint density at radius 1 is 1.03 bits per heavy atom. The molecule has 0 radical (unpaired) electrons. The molecule has 1 saturated heterocycles. The molecular formula is C26H29N7O3. The second kappa shape index (κ2) is 11.5. The zero-order valence-electron chi connectivity index (χ0n) is 20.0. The standard InChI is InChI=1S/C26H29N7O3/c34-26(36-19-20-5-2-1-3-6-20)27-10-4-11-33-12-9-21-17-29-25(31-24(21)33)30-22-7-8-23(28-18-22)32-13-15-35-16-14-32/h1-3,5-9,12,17-18H,4,10-11,13-16,19H2,(H,27,34)(H,29,30,31). The van der Waals surface area contributed by atoms with Crippen molar-refractivity contribution in [1.82, 2.24) is 24.8 Å². The van der Waals surface area contributed by atoms with Gasteiger partial charge in [0.15, 0.2) is 0 Å². The second-order valence-electron chi connectivity index (χ2n) is 8.45. The predicted octanol–water partition coefficient (Wildman–Crippen LogP) is 3.72. The quantitative estimate of drug-likeness (QED) is 0.344. The maximum Gasteiger partial charge on any atom is 0.407 e. The van der Waals surface area contributed by atoms with E-state index in [4.69, 9.17) is 14.5 Å². The van der Waals surface area contributed by atoms with Gasteiger partial charge >= 0.3 is 6.09 Å². The first-order chi connectivity index (χ1) is 17.7. The molecule has 10 heteroatoms. The number of carbonyl (C=O) groups is 1. The summed E-state index contributed by atoms with van der Waals surface area (Å²) in [6.07, 6.45) is 5.90. The Hall–Kier alpha value is -4.18. The molecule has 0 saturated carbocycles. The highest BCUT2D eigenvalue weighted by Gasteiger charge is 2.12. The molecule has 1 aliphatic heterocycles. The van der Waals surface area contributed by atoms with Crippen molar-refractivity contribution < 1.29 is 14.3 Å². The van der Waals surface area contributed by atoms with Crippen LogP contribution in [0.5, 0.6) is 0 Å². The van der Waals surface area contributed by atoms with Crippen molar-refractivity contribution in [3.05, 3.63) is 72.7 Å². The minimum Gasteiger partial charge on any atom is -0.445 e. The zero-order valence-corrected chi connectivity index (χ0v) is 20.0. The molecule has 1 amide bonds. The van der Waals surface area contributed by atoms with Gasteiger partial charge in [-0.25, -0.2) is 14.8 Å². The van der Waals surface area contributed by atoms with E-state index < -0.39 is 6.09 Å². The normalized spacial score (nSPS) is 13.5. The number of hydrogen-bond donors (Lipinski definition) is 2. The molecule has 1 fully saturated rings. The van der Waals surface area contributed by atoms with Crippen LogP contribution in [0.4, 0.5) is 22.2 Å². The monoisotopic (exact) mass is 487 g/mol. The molecule has 0 unspecified atom stereocenters. The van der Waals surface area contributed by atoms with Gasteiger partial charge in [-0.15, -0.1) is 0 Å². The zero-order chi connectivity index (χ0) is 24.6. The van der Waals surface area contributed by atoms with Crippen molar-refractivity contribution in [3.8, 4) is 0 Å². The fourth-order valence-corrected chi connectivity index (χ4v) is 3.99. The third-order valence-corrected chi connectivity index (χ3v) is 5.90. The van der Waals surface area contributed by atoms with E-state index in [0.29, 0.717) is 19.0 Å². The van der Waals surface area contributed by atoms with Gasteiger partial charge in [0.2, 0.25) is 5.95 Å². The number of aromatic nitrogens is 4. The minimum atomic E-state index is -0.418. The lowest BCUT2D eigenvalue weighted by molar-refractivity contribution is 0.122. The molecular weight excluding hydrogens is 458 g/mol. The van der Waals surface area contributed by atoms with Crippen LogP contribution in [0.15, 0.2) is 67.1 Å². The number of rotatable bonds is 9. The van der Waals surface area contributed by atoms with Crippen LogP contribution in [0.1, 0.15) is 12.0 Å². The third kappa shape index (κ3) is 6.08. The largest absolute Gasteiger partial charge is 0.445 e. The van der Waals surface area contributed by atoms with Crippen LogP contribution in [0.2, 0.25) is 0 Å². The van der Waals surface area contributed by atoms with E-state index >= 15 is 0 Å². The lowest BCUT2D eigenvalue weighted by Gasteiger charge is -2.27. The number of fused-ring (bicyclic) bond motifs is 1. The van der Waals surface area contributed by atoms with Crippen molar-refractivity contribution in [3.63, 3.8) is 0 Å². The van der Waals surface area contributed by atoms with Gasteiger partial charge in [0.1, 0.15) is 18.1 Å². The van der Waals surface area contributed by atoms with Gasteiger partial charge in [-0.3, -0.25) is 0 Å². The summed E-state index contributed by atoms with van der Waals surface area (Å²) >= 11 is 0. The number of ether oxygens (including phenoxy) is 2. The molecule has 0 spiro atoms. The number of nitrogens with one attached hydrogen (secondary N) is 2. The molecule has 0 aliphatic carbocycles. The lowest BCUT2D eigenvalue weighted by Crippen LogP contribution is -2.36. The van der Waals surface area contributed by atoms with Gasteiger partial charge in [0.05, 0.1) is 25.1 Å². The number of aryl methyl sites for hydroxylation is 1. The second-order valence-corrected chi connectivity index (χ2v) is 8.45. The SMILES string of the molecule is O=C(NCCCn1ccc2cnc(Nc3ccc(N4CCOCC4)nc3)nc21)OCc1ccccc1. The summed E-state index contributed by atoms with van der Waals surface area (Å²) in [5.74, 6) is 1.44.